The van der Waals surface area contributed by atoms with Crippen LogP contribution in [-0.2, 0) is 14.4 Å². The van der Waals surface area contributed by atoms with Gasteiger partial charge in [-0.05, 0) is 31.7 Å². The van der Waals surface area contributed by atoms with Gasteiger partial charge in [-0.2, -0.15) is 0 Å². The molecule has 0 saturated carbocycles. The Kier molecular flexibility index (Phi) is 5.80. The van der Waals surface area contributed by atoms with Crippen LogP contribution in [0.5, 0.6) is 0 Å². The minimum Gasteiger partial charge on any atom is -0.338 e. The number of carbonyl (C=O) groups is 3. The minimum atomic E-state index is -0.645. The normalized spacial score (nSPS) is 28.0. The first-order valence-electron chi connectivity index (χ1n) is 9.97. The van der Waals surface area contributed by atoms with Crippen LogP contribution in [-0.4, -0.2) is 71.2 Å². The molecule has 3 unspecified atom stereocenters. The highest BCUT2D eigenvalue weighted by atomic mass is 16.2. The molecule has 3 aliphatic rings. The zero-order valence-corrected chi connectivity index (χ0v) is 16.2. The molecule has 0 N–H and O–H groups in total. The fourth-order valence-corrected chi connectivity index (χ4v) is 4.39. The van der Waals surface area contributed by atoms with Gasteiger partial charge in [-0.3, -0.25) is 19.3 Å². The third-order valence-corrected chi connectivity index (χ3v) is 5.96. The Balaban J connectivity index is 1.79. The van der Waals surface area contributed by atoms with Crippen molar-refractivity contribution in [1.82, 2.24) is 14.7 Å². The summed E-state index contributed by atoms with van der Waals surface area (Å²) in [4.78, 5) is 44.7. The van der Waals surface area contributed by atoms with Crippen molar-refractivity contribution in [3.63, 3.8) is 0 Å². The summed E-state index contributed by atoms with van der Waals surface area (Å²) in [6.07, 6.45) is 5.74. The Labute approximate surface area is 156 Å². The van der Waals surface area contributed by atoms with Crippen molar-refractivity contribution < 1.29 is 14.4 Å². The van der Waals surface area contributed by atoms with Gasteiger partial charge in [0.1, 0.15) is 6.04 Å². The van der Waals surface area contributed by atoms with Crippen LogP contribution in [0.25, 0.3) is 0 Å². The summed E-state index contributed by atoms with van der Waals surface area (Å²) in [6.45, 7) is 10.2. The molecule has 6 nitrogen and oxygen atoms in total. The monoisotopic (exact) mass is 361 g/mol. The average Bonchev–Trinajstić information content (AvgIpc) is 2.90. The predicted octanol–water partition coefficient (Wildman–Crippen LogP) is 1.52. The Morgan fingerprint density at radius 3 is 2.04 bits per heavy atom. The van der Waals surface area contributed by atoms with Crippen LogP contribution in [0.3, 0.4) is 0 Å². The summed E-state index contributed by atoms with van der Waals surface area (Å²) in [5, 5.41) is 0. The first-order valence-corrected chi connectivity index (χ1v) is 9.97. The standard InChI is InChI=1S/C20H31N3O3/c1-4-21-9-11-22(12-10-21)20(26)17(13-14(2)3)23-18(24)15-7-5-6-8-16(15)19(23)25/h5-6,14-17H,4,7-13H2,1-3H3. The largest absolute Gasteiger partial charge is 0.338 e. The maximum absolute atomic E-state index is 13.3. The van der Waals surface area contributed by atoms with Gasteiger partial charge in [0.15, 0.2) is 0 Å². The van der Waals surface area contributed by atoms with Crippen LogP contribution in [0.1, 0.15) is 40.0 Å². The summed E-state index contributed by atoms with van der Waals surface area (Å²) < 4.78 is 0. The fourth-order valence-electron chi connectivity index (χ4n) is 4.39. The van der Waals surface area contributed by atoms with Gasteiger partial charge in [0.25, 0.3) is 0 Å². The van der Waals surface area contributed by atoms with E-state index in [4.69, 9.17) is 0 Å². The van der Waals surface area contributed by atoms with Crippen LogP contribution < -0.4 is 0 Å². The molecule has 26 heavy (non-hydrogen) atoms. The average molecular weight is 361 g/mol. The molecule has 3 atom stereocenters. The number of allylic oxidation sites excluding steroid dienone is 2. The van der Waals surface area contributed by atoms with Crippen LogP contribution in [0.2, 0.25) is 0 Å². The molecule has 0 radical (unpaired) electrons. The van der Waals surface area contributed by atoms with E-state index in [-0.39, 0.29) is 35.5 Å². The van der Waals surface area contributed by atoms with Crippen LogP contribution in [0.15, 0.2) is 12.2 Å². The van der Waals surface area contributed by atoms with Gasteiger partial charge in [0.2, 0.25) is 17.7 Å². The zero-order valence-electron chi connectivity index (χ0n) is 16.2. The molecule has 2 heterocycles. The number of nitrogens with zero attached hydrogens (tertiary/aromatic N) is 3. The number of fused-ring (bicyclic) bond motifs is 1. The van der Waals surface area contributed by atoms with Gasteiger partial charge in [-0.25, -0.2) is 0 Å². The minimum absolute atomic E-state index is 0.0530. The number of hydrogen-bond donors (Lipinski definition) is 0. The molecular formula is C20H31N3O3. The van der Waals surface area contributed by atoms with E-state index in [2.05, 4.69) is 11.8 Å². The zero-order chi connectivity index (χ0) is 18.8. The van der Waals surface area contributed by atoms with E-state index in [1.54, 1.807) is 0 Å². The third-order valence-electron chi connectivity index (χ3n) is 5.96. The Bertz CT molecular complexity index is 567. The van der Waals surface area contributed by atoms with Crippen molar-refractivity contribution in [2.45, 2.75) is 46.1 Å². The molecule has 2 aliphatic heterocycles. The molecule has 0 aromatic heterocycles. The maximum Gasteiger partial charge on any atom is 0.245 e. The molecule has 3 amide bonds. The molecule has 2 fully saturated rings. The first kappa shape index (κ1) is 19.1. The summed E-state index contributed by atoms with van der Waals surface area (Å²) >= 11 is 0. The number of likely N-dealkylation sites (N-methyl/N-ethyl adjacent to an activating group) is 1. The second-order valence-electron chi connectivity index (χ2n) is 8.11. The van der Waals surface area contributed by atoms with Gasteiger partial charge in [0, 0.05) is 26.2 Å². The van der Waals surface area contributed by atoms with Crippen molar-refractivity contribution in [1.29, 1.82) is 0 Å². The highest BCUT2D eigenvalue weighted by Crippen LogP contribution is 2.37. The van der Waals surface area contributed by atoms with E-state index in [0.717, 1.165) is 19.6 Å². The Hall–Kier alpha value is -1.69. The third kappa shape index (κ3) is 3.56. The molecule has 144 valence electrons. The van der Waals surface area contributed by atoms with Crippen molar-refractivity contribution in [2.75, 3.05) is 32.7 Å². The number of likely N-dealkylation sites (tertiary alicyclic amines) is 1. The summed E-state index contributed by atoms with van der Waals surface area (Å²) in [6, 6.07) is -0.645. The van der Waals surface area contributed by atoms with Gasteiger partial charge in [-0.15, -0.1) is 0 Å². The van der Waals surface area contributed by atoms with E-state index >= 15 is 0 Å². The lowest BCUT2D eigenvalue weighted by Gasteiger charge is -2.38. The Morgan fingerprint density at radius 1 is 1.04 bits per heavy atom. The van der Waals surface area contributed by atoms with E-state index in [1.165, 1.54) is 4.90 Å². The van der Waals surface area contributed by atoms with Gasteiger partial charge in [-0.1, -0.05) is 32.9 Å². The van der Waals surface area contributed by atoms with Gasteiger partial charge in [0.05, 0.1) is 11.8 Å². The number of amides is 3. The molecule has 0 spiro atoms. The Morgan fingerprint density at radius 2 is 1.58 bits per heavy atom. The summed E-state index contributed by atoms with van der Waals surface area (Å²) in [5.74, 6) is -0.644. The van der Waals surface area contributed by atoms with E-state index in [0.29, 0.717) is 32.4 Å². The fraction of sp³-hybridized carbons (Fsp3) is 0.750. The lowest BCUT2D eigenvalue weighted by Crippen LogP contribution is -2.56. The van der Waals surface area contributed by atoms with Crippen molar-refractivity contribution in [3.05, 3.63) is 12.2 Å². The van der Waals surface area contributed by atoms with E-state index in [1.807, 2.05) is 30.9 Å². The summed E-state index contributed by atoms with van der Waals surface area (Å²) in [7, 11) is 0. The maximum atomic E-state index is 13.3. The molecular weight excluding hydrogens is 330 g/mol. The second kappa shape index (κ2) is 7.91. The first-order chi connectivity index (χ1) is 12.4. The smallest absolute Gasteiger partial charge is 0.245 e. The van der Waals surface area contributed by atoms with Crippen molar-refractivity contribution >= 4 is 17.7 Å². The highest BCUT2D eigenvalue weighted by Gasteiger charge is 2.51. The summed E-state index contributed by atoms with van der Waals surface area (Å²) in [5.41, 5.74) is 0. The molecule has 3 rings (SSSR count). The van der Waals surface area contributed by atoms with Crippen LogP contribution in [0.4, 0.5) is 0 Å². The van der Waals surface area contributed by atoms with E-state index in [9.17, 15) is 14.4 Å². The van der Waals surface area contributed by atoms with Crippen molar-refractivity contribution in [2.24, 2.45) is 17.8 Å². The predicted molar refractivity (Wildman–Crippen MR) is 99.1 cm³/mol. The molecule has 6 heteroatoms. The molecule has 1 aliphatic carbocycles. The van der Waals surface area contributed by atoms with Gasteiger partial charge < -0.3 is 9.80 Å². The van der Waals surface area contributed by atoms with Crippen LogP contribution >= 0.6 is 0 Å². The van der Waals surface area contributed by atoms with Crippen LogP contribution in [0, 0.1) is 17.8 Å². The van der Waals surface area contributed by atoms with E-state index < -0.39 is 6.04 Å². The molecule has 0 aromatic rings. The second-order valence-corrected chi connectivity index (χ2v) is 8.11. The lowest BCUT2D eigenvalue weighted by atomic mass is 9.85. The topological polar surface area (TPSA) is 60.9 Å². The SMILES string of the molecule is CCN1CCN(C(=O)C(CC(C)C)N2C(=O)C3CC=CCC3C2=O)CC1. The number of carbonyl (C=O) groups excluding carboxylic acids is 3. The molecule has 2 saturated heterocycles. The highest BCUT2D eigenvalue weighted by molar-refractivity contribution is 6.08. The van der Waals surface area contributed by atoms with Crippen molar-refractivity contribution in [3.8, 4) is 0 Å². The lowest BCUT2D eigenvalue weighted by molar-refractivity contribution is -0.153. The number of rotatable bonds is 5. The molecule has 0 bridgehead atoms. The number of imide groups is 1. The molecule has 0 aromatic carbocycles. The number of hydrogen-bond acceptors (Lipinski definition) is 4. The quantitative estimate of drug-likeness (QED) is 0.550. The number of piperazine rings is 1. The van der Waals surface area contributed by atoms with Gasteiger partial charge >= 0.3 is 0 Å².